The minimum Gasteiger partial charge on any atom is -0.497 e. The molecule has 0 aliphatic heterocycles. The highest BCUT2D eigenvalue weighted by Gasteiger charge is 2.13. The lowest BCUT2D eigenvalue weighted by Crippen LogP contribution is -2.45. The van der Waals surface area contributed by atoms with Crippen LogP contribution in [0.5, 0.6) is 11.5 Å². The number of aryl methyl sites for hydroxylation is 1. The summed E-state index contributed by atoms with van der Waals surface area (Å²) in [6.07, 6.45) is 3.07. The maximum Gasteiger partial charge on any atom is 0.244 e. The van der Waals surface area contributed by atoms with E-state index < -0.39 is 6.04 Å². The highest BCUT2D eigenvalue weighted by atomic mass is 16.5. The maximum atomic E-state index is 12.1. The van der Waals surface area contributed by atoms with Crippen LogP contribution in [0.15, 0.2) is 54.6 Å². The van der Waals surface area contributed by atoms with E-state index >= 15 is 0 Å². The molecule has 2 rings (SSSR count). The summed E-state index contributed by atoms with van der Waals surface area (Å²) in [7, 11) is 1.60. The summed E-state index contributed by atoms with van der Waals surface area (Å²) in [5, 5.41) is 5.37. The van der Waals surface area contributed by atoms with Gasteiger partial charge in [0.15, 0.2) is 0 Å². The standard InChI is InChI=1S/C22H26N2O4/c1-16-4-9-20(10-5-16)28-15-14-23-22(26)17(2)24-21(25)13-8-18-6-11-19(27-3)12-7-18/h4-13,17H,14-15H2,1-3H3,(H,23,26)(H,24,25). The van der Waals surface area contributed by atoms with Gasteiger partial charge in [0.25, 0.3) is 0 Å². The molecule has 0 bridgehead atoms. The van der Waals surface area contributed by atoms with Crippen LogP contribution in [-0.4, -0.2) is 38.1 Å². The zero-order valence-corrected chi connectivity index (χ0v) is 16.4. The van der Waals surface area contributed by atoms with Crippen LogP contribution in [-0.2, 0) is 9.59 Å². The number of carbonyl (C=O) groups excluding carboxylic acids is 2. The molecule has 2 N–H and O–H groups in total. The Kier molecular flexibility index (Phi) is 8.09. The second kappa shape index (κ2) is 10.8. The van der Waals surface area contributed by atoms with Crippen LogP contribution in [0.25, 0.3) is 6.08 Å². The normalized spacial score (nSPS) is 11.7. The summed E-state index contributed by atoms with van der Waals surface area (Å²) in [6.45, 7) is 4.35. The predicted molar refractivity (Wildman–Crippen MR) is 109 cm³/mol. The van der Waals surface area contributed by atoms with Gasteiger partial charge in [0.2, 0.25) is 11.8 Å². The summed E-state index contributed by atoms with van der Waals surface area (Å²) in [4.78, 5) is 24.0. The number of amides is 2. The van der Waals surface area contributed by atoms with Crippen LogP contribution in [0.3, 0.4) is 0 Å². The first-order valence-electron chi connectivity index (χ1n) is 9.08. The van der Waals surface area contributed by atoms with E-state index in [1.54, 1.807) is 20.1 Å². The van der Waals surface area contributed by atoms with Crippen molar-refractivity contribution in [3.63, 3.8) is 0 Å². The Hall–Kier alpha value is -3.28. The highest BCUT2D eigenvalue weighted by Crippen LogP contribution is 2.12. The summed E-state index contributed by atoms with van der Waals surface area (Å²) < 4.78 is 10.6. The van der Waals surface area contributed by atoms with E-state index in [9.17, 15) is 9.59 Å². The molecule has 0 fully saturated rings. The smallest absolute Gasteiger partial charge is 0.244 e. The van der Waals surface area contributed by atoms with Gasteiger partial charge in [-0.25, -0.2) is 0 Å². The average molecular weight is 382 g/mol. The average Bonchev–Trinajstić information content (AvgIpc) is 2.71. The second-order valence-electron chi connectivity index (χ2n) is 6.29. The SMILES string of the molecule is COc1ccc(C=CC(=O)NC(C)C(=O)NCCOc2ccc(C)cc2)cc1. The van der Waals surface area contributed by atoms with E-state index in [1.165, 1.54) is 6.08 Å². The molecule has 0 aliphatic rings. The van der Waals surface area contributed by atoms with Gasteiger partial charge in [-0.05, 0) is 49.8 Å². The number of nitrogens with one attached hydrogen (secondary N) is 2. The first kappa shape index (κ1) is 21.0. The largest absolute Gasteiger partial charge is 0.497 e. The molecule has 0 aromatic heterocycles. The number of hydrogen-bond donors (Lipinski definition) is 2. The van der Waals surface area contributed by atoms with Gasteiger partial charge in [-0.2, -0.15) is 0 Å². The van der Waals surface area contributed by atoms with Gasteiger partial charge in [0.05, 0.1) is 13.7 Å². The molecule has 0 saturated carbocycles. The Morgan fingerprint density at radius 3 is 2.32 bits per heavy atom. The Morgan fingerprint density at radius 1 is 1.04 bits per heavy atom. The molecule has 1 atom stereocenters. The Morgan fingerprint density at radius 2 is 1.68 bits per heavy atom. The molecule has 2 aromatic carbocycles. The Labute approximate surface area is 165 Å². The third-order valence-electron chi connectivity index (χ3n) is 3.99. The molecule has 148 valence electrons. The van der Waals surface area contributed by atoms with Crippen LogP contribution in [0.2, 0.25) is 0 Å². The first-order valence-corrected chi connectivity index (χ1v) is 9.08. The molecule has 28 heavy (non-hydrogen) atoms. The third-order valence-corrected chi connectivity index (χ3v) is 3.99. The van der Waals surface area contributed by atoms with E-state index in [0.29, 0.717) is 13.2 Å². The molecule has 0 aliphatic carbocycles. The summed E-state index contributed by atoms with van der Waals surface area (Å²) in [5.41, 5.74) is 2.02. The summed E-state index contributed by atoms with van der Waals surface area (Å²) in [5.74, 6) is 0.899. The quantitative estimate of drug-likeness (QED) is 0.516. The number of hydrogen-bond acceptors (Lipinski definition) is 4. The van der Waals surface area contributed by atoms with Crippen LogP contribution in [0.1, 0.15) is 18.1 Å². The molecule has 2 aromatic rings. The van der Waals surface area contributed by atoms with E-state index in [0.717, 1.165) is 22.6 Å². The van der Waals surface area contributed by atoms with Crippen molar-refractivity contribution in [2.75, 3.05) is 20.3 Å². The lowest BCUT2D eigenvalue weighted by Gasteiger charge is -2.13. The Bertz CT molecular complexity index is 798. The van der Waals surface area contributed by atoms with E-state index in [-0.39, 0.29) is 11.8 Å². The maximum absolute atomic E-state index is 12.1. The molecule has 0 heterocycles. The van der Waals surface area contributed by atoms with Crippen LogP contribution in [0, 0.1) is 6.92 Å². The van der Waals surface area contributed by atoms with Crippen molar-refractivity contribution in [3.05, 3.63) is 65.7 Å². The highest BCUT2D eigenvalue weighted by molar-refractivity contribution is 5.95. The molecule has 0 saturated heterocycles. The number of rotatable bonds is 9. The van der Waals surface area contributed by atoms with Crippen molar-refractivity contribution in [1.29, 1.82) is 0 Å². The zero-order chi connectivity index (χ0) is 20.4. The monoisotopic (exact) mass is 382 g/mol. The molecular formula is C22H26N2O4. The lowest BCUT2D eigenvalue weighted by atomic mass is 10.2. The molecule has 0 radical (unpaired) electrons. The topological polar surface area (TPSA) is 76.7 Å². The fraction of sp³-hybridized carbons (Fsp3) is 0.273. The van der Waals surface area contributed by atoms with Crippen molar-refractivity contribution < 1.29 is 19.1 Å². The van der Waals surface area contributed by atoms with Crippen LogP contribution < -0.4 is 20.1 Å². The minimum atomic E-state index is -0.646. The van der Waals surface area contributed by atoms with Gasteiger partial charge in [-0.15, -0.1) is 0 Å². The van der Waals surface area contributed by atoms with Crippen LogP contribution >= 0.6 is 0 Å². The van der Waals surface area contributed by atoms with Gasteiger partial charge in [0.1, 0.15) is 24.1 Å². The van der Waals surface area contributed by atoms with Gasteiger partial charge in [-0.1, -0.05) is 29.8 Å². The van der Waals surface area contributed by atoms with Crippen LogP contribution in [0.4, 0.5) is 0 Å². The van der Waals surface area contributed by atoms with Gasteiger partial charge in [-0.3, -0.25) is 9.59 Å². The van der Waals surface area contributed by atoms with Gasteiger partial charge < -0.3 is 20.1 Å². The van der Waals surface area contributed by atoms with Gasteiger partial charge >= 0.3 is 0 Å². The fourth-order valence-electron chi connectivity index (χ4n) is 2.34. The summed E-state index contributed by atoms with van der Waals surface area (Å²) >= 11 is 0. The minimum absolute atomic E-state index is 0.265. The van der Waals surface area contributed by atoms with Crippen molar-refractivity contribution in [2.45, 2.75) is 19.9 Å². The van der Waals surface area contributed by atoms with Gasteiger partial charge in [0, 0.05) is 6.08 Å². The zero-order valence-electron chi connectivity index (χ0n) is 16.4. The number of ether oxygens (including phenoxy) is 2. The summed E-state index contributed by atoms with van der Waals surface area (Å²) in [6, 6.07) is 14.4. The molecule has 6 heteroatoms. The second-order valence-corrected chi connectivity index (χ2v) is 6.29. The van der Waals surface area contributed by atoms with Crippen molar-refractivity contribution in [2.24, 2.45) is 0 Å². The number of methoxy groups -OCH3 is 1. The molecule has 6 nitrogen and oxygen atoms in total. The van der Waals surface area contributed by atoms with Crippen molar-refractivity contribution in [3.8, 4) is 11.5 Å². The first-order chi connectivity index (χ1) is 13.5. The number of benzene rings is 2. The lowest BCUT2D eigenvalue weighted by molar-refractivity contribution is -0.126. The van der Waals surface area contributed by atoms with Crippen molar-refractivity contribution >= 4 is 17.9 Å². The van der Waals surface area contributed by atoms with E-state index in [2.05, 4.69) is 10.6 Å². The van der Waals surface area contributed by atoms with E-state index in [4.69, 9.17) is 9.47 Å². The fourth-order valence-corrected chi connectivity index (χ4v) is 2.34. The molecule has 1 unspecified atom stereocenters. The van der Waals surface area contributed by atoms with Crippen molar-refractivity contribution in [1.82, 2.24) is 10.6 Å². The Balaban J connectivity index is 1.69. The predicted octanol–water partition coefficient (Wildman–Crippen LogP) is 2.72. The van der Waals surface area contributed by atoms with E-state index in [1.807, 2.05) is 55.5 Å². The molecule has 0 spiro atoms. The molecule has 2 amide bonds. The third kappa shape index (κ3) is 7.15. The molecular weight excluding hydrogens is 356 g/mol. The number of carbonyl (C=O) groups is 2.